The van der Waals surface area contributed by atoms with Crippen molar-refractivity contribution in [3.05, 3.63) is 53.6 Å². The van der Waals surface area contributed by atoms with Crippen molar-refractivity contribution in [2.75, 3.05) is 18.0 Å². The molecule has 38 heavy (non-hydrogen) atoms. The van der Waals surface area contributed by atoms with E-state index in [2.05, 4.69) is 30.5 Å². The second-order valence-corrected chi connectivity index (χ2v) is 10.8. The largest absolute Gasteiger partial charge is 0.505 e. The topological polar surface area (TPSA) is 153 Å². The standard InChI is InChI=1S/C27H29N7O4/c1-26(2,3)38-25(37)33-20-14-34(15-27(20)8-9-27)21-7-6-18-19(32-21)13-30-22(23(18)35)24(36)31-12-16-4-5-17(10-28)29-11-16/h4-7,11,13,20,35H,8-9,12,14-15H2,1-3H3,(H,31,36)(H,33,37)/t20-/m1/s1. The summed E-state index contributed by atoms with van der Waals surface area (Å²) in [4.78, 5) is 40.0. The normalized spacial score (nSPS) is 17.7. The van der Waals surface area contributed by atoms with E-state index in [1.165, 1.54) is 12.4 Å². The van der Waals surface area contributed by atoms with E-state index in [0.29, 0.717) is 28.8 Å². The summed E-state index contributed by atoms with van der Waals surface area (Å²) in [5, 5.41) is 25.8. The first kappa shape index (κ1) is 25.2. The van der Waals surface area contributed by atoms with Crippen molar-refractivity contribution < 1.29 is 19.4 Å². The van der Waals surface area contributed by atoms with Crippen LogP contribution in [0, 0.1) is 16.7 Å². The lowest BCUT2D eigenvalue weighted by Crippen LogP contribution is -2.44. The molecule has 11 heteroatoms. The number of carbonyl (C=O) groups excluding carboxylic acids is 2. The number of aromatic nitrogens is 3. The fourth-order valence-corrected chi connectivity index (χ4v) is 4.74. The number of pyridine rings is 3. The quantitative estimate of drug-likeness (QED) is 0.465. The van der Waals surface area contributed by atoms with Crippen LogP contribution in [-0.4, -0.2) is 56.8 Å². The van der Waals surface area contributed by atoms with Crippen LogP contribution in [0.4, 0.5) is 10.6 Å². The zero-order valence-electron chi connectivity index (χ0n) is 21.5. The van der Waals surface area contributed by atoms with Gasteiger partial charge in [0.15, 0.2) is 11.4 Å². The maximum Gasteiger partial charge on any atom is 0.407 e. The molecule has 1 atom stereocenters. The molecule has 0 bridgehead atoms. The van der Waals surface area contributed by atoms with Gasteiger partial charge in [-0.25, -0.2) is 19.7 Å². The van der Waals surface area contributed by atoms with Crippen LogP contribution < -0.4 is 15.5 Å². The third-order valence-electron chi connectivity index (χ3n) is 6.87. The Labute approximate surface area is 219 Å². The van der Waals surface area contributed by atoms with Crippen LogP contribution in [-0.2, 0) is 11.3 Å². The Bertz CT molecular complexity index is 1440. The molecule has 4 heterocycles. The van der Waals surface area contributed by atoms with Gasteiger partial charge in [0.05, 0.1) is 17.8 Å². The zero-order chi connectivity index (χ0) is 27.1. The van der Waals surface area contributed by atoms with Gasteiger partial charge >= 0.3 is 6.09 Å². The number of rotatable bonds is 5. The SMILES string of the molecule is CC(C)(C)OC(=O)N[C@@H]1CN(c2ccc3c(O)c(C(=O)NCc4ccc(C#N)nc4)ncc3n2)CC12CC2. The number of aromatic hydroxyl groups is 1. The highest BCUT2D eigenvalue weighted by atomic mass is 16.6. The van der Waals surface area contributed by atoms with E-state index in [1.807, 2.05) is 26.8 Å². The summed E-state index contributed by atoms with van der Waals surface area (Å²) >= 11 is 0. The molecule has 2 aliphatic rings. The van der Waals surface area contributed by atoms with Crippen LogP contribution in [0.5, 0.6) is 5.75 Å². The van der Waals surface area contributed by atoms with Crippen molar-refractivity contribution in [2.24, 2.45) is 5.41 Å². The predicted octanol–water partition coefficient (Wildman–Crippen LogP) is 3.03. The predicted molar refractivity (Wildman–Crippen MR) is 138 cm³/mol. The maximum atomic E-state index is 12.7. The number of nitrogens with zero attached hydrogens (tertiary/aromatic N) is 5. The van der Waals surface area contributed by atoms with E-state index in [1.54, 1.807) is 24.3 Å². The summed E-state index contributed by atoms with van der Waals surface area (Å²) in [5.74, 6) is -0.0744. The minimum Gasteiger partial charge on any atom is -0.505 e. The molecular formula is C27H29N7O4. The molecular weight excluding hydrogens is 486 g/mol. The molecule has 2 fully saturated rings. The molecule has 3 aromatic rings. The molecule has 0 radical (unpaired) electrons. The summed E-state index contributed by atoms with van der Waals surface area (Å²) in [6.07, 6.45) is 4.61. The van der Waals surface area contributed by atoms with Crippen molar-refractivity contribution >= 4 is 28.7 Å². The van der Waals surface area contributed by atoms with E-state index in [4.69, 9.17) is 10.00 Å². The average molecular weight is 516 g/mol. The Morgan fingerprint density at radius 2 is 2.00 bits per heavy atom. The van der Waals surface area contributed by atoms with E-state index in [9.17, 15) is 14.7 Å². The number of ether oxygens (including phenoxy) is 1. The summed E-state index contributed by atoms with van der Waals surface area (Å²) in [6, 6.07) is 8.69. The summed E-state index contributed by atoms with van der Waals surface area (Å²) in [7, 11) is 0. The summed E-state index contributed by atoms with van der Waals surface area (Å²) in [6.45, 7) is 7.04. The second-order valence-electron chi connectivity index (χ2n) is 10.8. The zero-order valence-corrected chi connectivity index (χ0v) is 21.5. The van der Waals surface area contributed by atoms with Gasteiger partial charge in [0.25, 0.3) is 5.91 Å². The van der Waals surface area contributed by atoms with Crippen molar-refractivity contribution in [3.8, 4) is 11.8 Å². The van der Waals surface area contributed by atoms with Gasteiger partial charge < -0.3 is 25.4 Å². The lowest BCUT2D eigenvalue weighted by atomic mass is 10.0. The molecule has 196 valence electrons. The molecule has 0 unspecified atom stereocenters. The lowest BCUT2D eigenvalue weighted by molar-refractivity contribution is 0.0493. The van der Waals surface area contributed by atoms with Crippen LogP contribution >= 0.6 is 0 Å². The van der Waals surface area contributed by atoms with Crippen molar-refractivity contribution in [1.82, 2.24) is 25.6 Å². The van der Waals surface area contributed by atoms with Crippen LogP contribution in [0.25, 0.3) is 10.9 Å². The Hall–Kier alpha value is -4.46. The van der Waals surface area contributed by atoms with Gasteiger partial charge in [-0.2, -0.15) is 5.26 Å². The first-order valence-electron chi connectivity index (χ1n) is 12.4. The van der Waals surface area contributed by atoms with Gasteiger partial charge in [0, 0.05) is 36.6 Å². The van der Waals surface area contributed by atoms with Crippen LogP contribution in [0.2, 0.25) is 0 Å². The third kappa shape index (κ3) is 5.16. The lowest BCUT2D eigenvalue weighted by Gasteiger charge is -2.23. The van der Waals surface area contributed by atoms with Gasteiger partial charge in [0.2, 0.25) is 0 Å². The number of hydrogen-bond donors (Lipinski definition) is 3. The number of hydrogen-bond acceptors (Lipinski definition) is 9. The van der Waals surface area contributed by atoms with Crippen LogP contribution in [0.15, 0.2) is 36.7 Å². The van der Waals surface area contributed by atoms with Crippen LogP contribution in [0.3, 0.4) is 0 Å². The number of anilines is 1. The molecule has 3 N–H and O–H groups in total. The first-order valence-corrected chi connectivity index (χ1v) is 12.4. The fraction of sp³-hybridized carbons (Fsp3) is 0.407. The van der Waals surface area contributed by atoms with Gasteiger partial charge in [0.1, 0.15) is 23.2 Å². The fourth-order valence-electron chi connectivity index (χ4n) is 4.74. The van der Waals surface area contributed by atoms with Gasteiger partial charge in [-0.3, -0.25) is 4.79 Å². The van der Waals surface area contributed by atoms with Crippen molar-refractivity contribution in [1.29, 1.82) is 5.26 Å². The Morgan fingerprint density at radius 1 is 1.21 bits per heavy atom. The first-order chi connectivity index (χ1) is 18.1. The average Bonchev–Trinajstić information content (AvgIpc) is 3.57. The van der Waals surface area contributed by atoms with E-state index in [0.717, 1.165) is 19.4 Å². The molecule has 11 nitrogen and oxygen atoms in total. The maximum absolute atomic E-state index is 12.7. The van der Waals surface area contributed by atoms with Crippen LogP contribution in [0.1, 0.15) is 55.4 Å². The van der Waals surface area contributed by atoms with Gasteiger partial charge in [-0.1, -0.05) is 6.07 Å². The molecule has 1 aliphatic carbocycles. The number of carbonyl (C=O) groups is 2. The number of alkyl carbamates (subject to hydrolysis) is 1. The number of nitrogens with one attached hydrogen (secondary N) is 2. The minimum absolute atomic E-state index is 0.0142. The Balaban J connectivity index is 1.28. The van der Waals surface area contributed by atoms with E-state index < -0.39 is 17.6 Å². The highest BCUT2D eigenvalue weighted by Gasteiger charge is 2.56. The molecule has 5 rings (SSSR count). The third-order valence-corrected chi connectivity index (χ3v) is 6.87. The number of fused-ring (bicyclic) bond motifs is 1. The second kappa shape index (κ2) is 9.45. The highest BCUT2D eigenvalue weighted by Crippen LogP contribution is 2.53. The molecule has 1 spiro atoms. The molecule has 3 aromatic heterocycles. The van der Waals surface area contributed by atoms with Gasteiger partial charge in [-0.05, 0) is 57.4 Å². The van der Waals surface area contributed by atoms with E-state index in [-0.39, 0.29) is 35.1 Å². The molecule has 0 aromatic carbocycles. The van der Waals surface area contributed by atoms with E-state index >= 15 is 0 Å². The van der Waals surface area contributed by atoms with Crippen molar-refractivity contribution in [2.45, 2.75) is 51.8 Å². The molecule has 2 amide bonds. The molecule has 1 aliphatic heterocycles. The monoisotopic (exact) mass is 515 g/mol. The van der Waals surface area contributed by atoms with Crippen molar-refractivity contribution in [3.63, 3.8) is 0 Å². The molecule has 1 saturated heterocycles. The molecule has 1 saturated carbocycles. The summed E-state index contributed by atoms with van der Waals surface area (Å²) < 4.78 is 5.45. The smallest absolute Gasteiger partial charge is 0.407 e. The highest BCUT2D eigenvalue weighted by molar-refractivity contribution is 6.00. The van der Waals surface area contributed by atoms with Gasteiger partial charge in [-0.15, -0.1) is 0 Å². The Morgan fingerprint density at radius 3 is 2.66 bits per heavy atom. The number of nitriles is 1. The summed E-state index contributed by atoms with van der Waals surface area (Å²) in [5.41, 5.74) is 0.805. The minimum atomic E-state index is -0.565. The number of amides is 2. The Kier molecular flexibility index (Phi) is 6.26.